The second-order valence-corrected chi connectivity index (χ2v) is 5.78. The monoisotopic (exact) mass is 326 g/mol. The molecule has 0 aliphatic rings. The van der Waals surface area contributed by atoms with Gasteiger partial charge in [-0.1, -0.05) is 13.0 Å². The average Bonchev–Trinajstić information content (AvgIpc) is 2.83. The van der Waals surface area contributed by atoms with E-state index in [0.717, 1.165) is 29.7 Å². The standard InChI is InChI=1S/C18H19FN4O/c1-4-8-23-17-16(12(3)22-23)15(9-11(2)20-17)18(24)21-14-7-5-6-13(19)10-14/h5-7,9-10H,4,8H2,1-3H3,(H,21,24). The second-order valence-electron chi connectivity index (χ2n) is 5.78. The van der Waals surface area contributed by atoms with Crippen molar-refractivity contribution in [2.24, 2.45) is 0 Å². The number of carbonyl (C=O) groups is 1. The van der Waals surface area contributed by atoms with E-state index >= 15 is 0 Å². The first-order valence-electron chi connectivity index (χ1n) is 7.91. The second kappa shape index (κ2) is 6.39. The normalized spacial score (nSPS) is 11.0. The Morgan fingerprint density at radius 2 is 2.08 bits per heavy atom. The Morgan fingerprint density at radius 3 is 2.79 bits per heavy atom. The van der Waals surface area contributed by atoms with Crippen molar-refractivity contribution in [1.82, 2.24) is 14.8 Å². The highest BCUT2D eigenvalue weighted by Crippen LogP contribution is 2.23. The molecule has 1 aromatic carbocycles. The molecule has 0 atom stereocenters. The molecule has 3 aromatic rings. The molecule has 0 saturated heterocycles. The fourth-order valence-corrected chi connectivity index (χ4v) is 2.79. The Balaban J connectivity index is 2.06. The molecule has 0 aliphatic carbocycles. The van der Waals surface area contributed by atoms with Gasteiger partial charge in [-0.05, 0) is 44.5 Å². The van der Waals surface area contributed by atoms with E-state index in [0.29, 0.717) is 16.9 Å². The van der Waals surface area contributed by atoms with Crippen LogP contribution >= 0.6 is 0 Å². The molecule has 1 N–H and O–H groups in total. The predicted molar refractivity (Wildman–Crippen MR) is 91.6 cm³/mol. The number of benzene rings is 1. The minimum atomic E-state index is -0.393. The molecule has 2 heterocycles. The maximum atomic E-state index is 13.3. The summed E-state index contributed by atoms with van der Waals surface area (Å²) in [4.78, 5) is 17.3. The van der Waals surface area contributed by atoms with Crippen LogP contribution in [0.15, 0.2) is 30.3 Å². The van der Waals surface area contributed by atoms with Gasteiger partial charge in [-0.3, -0.25) is 4.79 Å². The highest BCUT2D eigenvalue weighted by Gasteiger charge is 2.18. The number of nitrogens with zero attached hydrogens (tertiary/aromatic N) is 3. The van der Waals surface area contributed by atoms with E-state index in [2.05, 4.69) is 22.3 Å². The zero-order valence-corrected chi connectivity index (χ0v) is 13.9. The summed E-state index contributed by atoms with van der Waals surface area (Å²) >= 11 is 0. The lowest BCUT2D eigenvalue weighted by Crippen LogP contribution is -2.13. The first kappa shape index (κ1) is 16.1. The molecule has 24 heavy (non-hydrogen) atoms. The Bertz CT molecular complexity index is 917. The molecule has 1 amide bonds. The van der Waals surface area contributed by atoms with Gasteiger partial charge in [0.2, 0.25) is 0 Å². The summed E-state index contributed by atoms with van der Waals surface area (Å²) in [5, 5.41) is 7.98. The molecule has 0 radical (unpaired) electrons. The third kappa shape index (κ3) is 2.99. The van der Waals surface area contributed by atoms with Gasteiger partial charge in [0, 0.05) is 17.9 Å². The molecule has 3 rings (SSSR count). The van der Waals surface area contributed by atoms with E-state index in [9.17, 15) is 9.18 Å². The number of aromatic nitrogens is 3. The average molecular weight is 326 g/mol. The lowest BCUT2D eigenvalue weighted by atomic mass is 10.1. The molecule has 5 nitrogen and oxygen atoms in total. The van der Waals surface area contributed by atoms with Crippen LogP contribution in [0, 0.1) is 19.7 Å². The van der Waals surface area contributed by atoms with Crippen LogP contribution in [0.2, 0.25) is 0 Å². The molecule has 2 aromatic heterocycles. The van der Waals surface area contributed by atoms with Crippen LogP contribution in [0.3, 0.4) is 0 Å². The molecule has 0 aliphatic heterocycles. The summed E-state index contributed by atoms with van der Waals surface area (Å²) < 4.78 is 15.1. The van der Waals surface area contributed by atoms with Crippen LogP contribution in [-0.2, 0) is 6.54 Å². The first-order valence-corrected chi connectivity index (χ1v) is 7.91. The number of pyridine rings is 1. The smallest absolute Gasteiger partial charge is 0.256 e. The molecule has 0 bridgehead atoms. The van der Waals surface area contributed by atoms with Gasteiger partial charge in [0.1, 0.15) is 5.82 Å². The zero-order valence-electron chi connectivity index (χ0n) is 13.9. The number of carbonyl (C=O) groups excluding carboxylic acids is 1. The van der Waals surface area contributed by atoms with Crippen molar-refractivity contribution in [3.05, 3.63) is 53.1 Å². The number of nitrogens with one attached hydrogen (secondary N) is 1. The van der Waals surface area contributed by atoms with Gasteiger partial charge in [-0.25, -0.2) is 14.1 Å². The fraction of sp³-hybridized carbons (Fsp3) is 0.278. The van der Waals surface area contributed by atoms with Crippen LogP contribution in [-0.4, -0.2) is 20.7 Å². The van der Waals surface area contributed by atoms with Crippen molar-refractivity contribution in [2.75, 3.05) is 5.32 Å². The van der Waals surface area contributed by atoms with Gasteiger partial charge in [0.25, 0.3) is 5.91 Å². The van der Waals surface area contributed by atoms with Crippen LogP contribution in [0.25, 0.3) is 11.0 Å². The zero-order chi connectivity index (χ0) is 17.3. The molecule has 6 heteroatoms. The molecule has 0 saturated carbocycles. The number of halogens is 1. The van der Waals surface area contributed by atoms with E-state index < -0.39 is 5.82 Å². The number of anilines is 1. The number of aryl methyl sites for hydroxylation is 3. The van der Waals surface area contributed by atoms with Gasteiger partial charge in [-0.15, -0.1) is 0 Å². The van der Waals surface area contributed by atoms with Crippen LogP contribution in [0.4, 0.5) is 10.1 Å². The van der Waals surface area contributed by atoms with E-state index in [1.807, 2.05) is 18.5 Å². The van der Waals surface area contributed by atoms with Crippen molar-refractivity contribution in [3.8, 4) is 0 Å². The van der Waals surface area contributed by atoms with Crippen molar-refractivity contribution in [1.29, 1.82) is 0 Å². The summed E-state index contributed by atoms with van der Waals surface area (Å²) in [5.41, 5.74) is 3.13. The third-order valence-electron chi connectivity index (χ3n) is 3.77. The lowest BCUT2D eigenvalue weighted by molar-refractivity contribution is 0.102. The summed E-state index contributed by atoms with van der Waals surface area (Å²) in [7, 11) is 0. The van der Waals surface area contributed by atoms with Crippen molar-refractivity contribution in [3.63, 3.8) is 0 Å². The Hall–Kier alpha value is -2.76. The molecular weight excluding hydrogens is 307 g/mol. The summed E-state index contributed by atoms with van der Waals surface area (Å²) in [6, 6.07) is 7.57. The number of hydrogen-bond donors (Lipinski definition) is 1. The Labute approximate surface area is 139 Å². The van der Waals surface area contributed by atoms with Gasteiger partial charge in [-0.2, -0.15) is 5.10 Å². The molecular formula is C18H19FN4O. The quantitative estimate of drug-likeness (QED) is 0.792. The largest absolute Gasteiger partial charge is 0.322 e. The highest BCUT2D eigenvalue weighted by molar-refractivity contribution is 6.12. The minimum Gasteiger partial charge on any atom is -0.322 e. The number of amides is 1. The van der Waals surface area contributed by atoms with Gasteiger partial charge in [0.15, 0.2) is 5.65 Å². The summed E-state index contributed by atoms with van der Waals surface area (Å²) in [5.74, 6) is -0.689. The molecule has 0 unspecified atom stereocenters. The van der Waals surface area contributed by atoms with Crippen molar-refractivity contribution in [2.45, 2.75) is 33.7 Å². The predicted octanol–water partition coefficient (Wildman–Crippen LogP) is 3.85. The highest BCUT2D eigenvalue weighted by atomic mass is 19.1. The summed E-state index contributed by atoms with van der Waals surface area (Å²) in [6.45, 7) is 6.52. The van der Waals surface area contributed by atoms with Gasteiger partial charge in [0.05, 0.1) is 16.6 Å². The maximum Gasteiger partial charge on any atom is 0.256 e. The Morgan fingerprint density at radius 1 is 1.29 bits per heavy atom. The van der Waals surface area contributed by atoms with E-state index in [1.54, 1.807) is 18.2 Å². The summed E-state index contributed by atoms with van der Waals surface area (Å²) in [6.07, 6.45) is 0.927. The SMILES string of the molecule is CCCn1nc(C)c2c(C(=O)Nc3cccc(F)c3)cc(C)nc21. The van der Waals surface area contributed by atoms with Gasteiger partial charge < -0.3 is 5.32 Å². The number of hydrogen-bond acceptors (Lipinski definition) is 3. The van der Waals surface area contributed by atoms with E-state index in [1.165, 1.54) is 12.1 Å². The van der Waals surface area contributed by atoms with Crippen LogP contribution < -0.4 is 5.32 Å². The van der Waals surface area contributed by atoms with Crippen molar-refractivity contribution >= 4 is 22.6 Å². The minimum absolute atomic E-state index is 0.296. The van der Waals surface area contributed by atoms with E-state index in [4.69, 9.17) is 0 Å². The van der Waals surface area contributed by atoms with Crippen LogP contribution in [0.1, 0.15) is 35.1 Å². The van der Waals surface area contributed by atoms with E-state index in [-0.39, 0.29) is 5.91 Å². The third-order valence-corrected chi connectivity index (χ3v) is 3.77. The molecule has 124 valence electrons. The molecule has 0 fully saturated rings. The van der Waals surface area contributed by atoms with Gasteiger partial charge >= 0.3 is 0 Å². The maximum absolute atomic E-state index is 13.3. The lowest BCUT2D eigenvalue weighted by Gasteiger charge is -2.08. The number of fused-ring (bicyclic) bond motifs is 1. The number of rotatable bonds is 4. The van der Waals surface area contributed by atoms with Crippen LogP contribution in [0.5, 0.6) is 0 Å². The van der Waals surface area contributed by atoms with Crippen molar-refractivity contribution < 1.29 is 9.18 Å². The first-order chi connectivity index (χ1) is 11.5. The topological polar surface area (TPSA) is 59.8 Å². The molecule has 0 spiro atoms. The Kier molecular flexibility index (Phi) is 4.29. The fourth-order valence-electron chi connectivity index (χ4n) is 2.79.